The van der Waals surface area contributed by atoms with Crippen LogP contribution in [0.1, 0.15) is 5.82 Å². The van der Waals surface area contributed by atoms with Crippen LogP contribution in [0.5, 0.6) is 5.75 Å². The third-order valence-electron chi connectivity index (χ3n) is 4.78. The fourth-order valence-electron chi connectivity index (χ4n) is 3.07. The van der Waals surface area contributed by atoms with Gasteiger partial charge in [-0.25, -0.2) is 4.98 Å². The summed E-state index contributed by atoms with van der Waals surface area (Å²) in [7, 11) is 3.31. The molecule has 0 bridgehead atoms. The molecule has 2 aromatic carbocycles. The SMILES string of the molecule is COc1ccccc1NC(=O)Cc1nnc(SCC(=O)Nc2nc(-c3ccccc3)cs2)n1C. The van der Waals surface area contributed by atoms with Crippen LogP contribution in [0, 0.1) is 0 Å². The van der Waals surface area contributed by atoms with Crippen LogP contribution in [0.4, 0.5) is 10.8 Å². The molecule has 0 aliphatic carbocycles. The van der Waals surface area contributed by atoms with Gasteiger partial charge in [0.25, 0.3) is 0 Å². The minimum absolute atomic E-state index is 0.0374. The van der Waals surface area contributed by atoms with E-state index in [2.05, 4.69) is 25.8 Å². The number of benzene rings is 2. The number of hydrogen-bond acceptors (Lipinski definition) is 8. The fourth-order valence-corrected chi connectivity index (χ4v) is 4.53. The highest BCUT2D eigenvalue weighted by molar-refractivity contribution is 7.99. The van der Waals surface area contributed by atoms with Crippen LogP contribution in [0.25, 0.3) is 11.3 Å². The molecule has 34 heavy (non-hydrogen) atoms. The Balaban J connectivity index is 1.30. The molecule has 174 valence electrons. The summed E-state index contributed by atoms with van der Waals surface area (Å²) in [6.45, 7) is 0. The van der Waals surface area contributed by atoms with Crippen LogP contribution >= 0.6 is 23.1 Å². The average molecular weight is 495 g/mol. The van der Waals surface area contributed by atoms with E-state index < -0.39 is 0 Å². The van der Waals surface area contributed by atoms with Gasteiger partial charge in [-0.2, -0.15) is 0 Å². The summed E-state index contributed by atoms with van der Waals surface area (Å²) in [6, 6.07) is 17.0. The van der Waals surface area contributed by atoms with Crippen molar-refractivity contribution in [1.82, 2.24) is 19.7 Å². The highest BCUT2D eigenvalue weighted by Crippen LogP contribution is 2.25. The number of nitrogens with one attached hydrogen (secondary N) is 2. The normalized spacial score (nSPS) is 10.6. The van der Waals surface area contributed by atoms with E-state index in [-0.39, 0.29) is 24.0 Å². The number of amides is 2. The minimum atomic E-state index is -0.243. The highest BCUT2D eigenvalue weighted by Gasteiger charge is 2.16. The smallest absolute Gasteiger partial charge is 0.236 e. The highest BCUT2D eigenvalue weighted by atomic mass is 32.2. The fraction of sp³-hybridized carbons (Fsp3) is 0.174. The molecule has 11 heteroatoms. The molecule has 0 unspecified atom stereocenters. The zero-order chi connectivity index (χ0) is 23.9. The van der Waals surface area contributed by atoms with Gasteiger partial charge in [0.2, 0.25) is 11.8 Å². The van der Waals surface area contributed by atoms with Gasteiger partial charge in [0.1, 0.15) is 11.6 Å². The molecule has 0 saturated carbocycles. The first kappa shape index (κ1) is 23.5. The number of carbonyl (C=O) groups excluding carboxylic acids is 2. The van der Waals surface area contributed by atoms with Gasteiger partial charge < -0.3 is 19.9 Å². The van der Waals surface area contributed by atoms with E-state index in [9.17, 15) is 9.59 Å². The molecule has 0 saturated heterocycles. The maximum absolute atomic E-state index is 12.5. The summed E-state index contributed by atoms with van der Waals surface area (Å²) in [4.78, 5) is 29.3. The standard InChI is InChI=1S/C23H22N6O3S2/c1-29-19(12-20(30)24-16-10-6-7-11-18(16)32-2)27-28-23(29)34-14-21(31)26-22-25-17(13-33-22)15-8-4-3-5-9-15/h3-11,13H,12,14H2,1-2H3,(H,24,30)(H,25,26,31). The Morgan fingerprint density at radius 3 is 2.59 bits per heavy atom. The van der Waals surface area contributed by atoms with Crippen LogP contribution in [-0.2, 0) is 23.1 Å². The van der Waals surface area contributed by atoms with Crippen molar-refractivity contribution in [2.24, 2.45) is 7.05 Å². The molecule has 9 nitrogen and oxygen atoms in total. The number of ether oxygens (including phenoxy) is 1. The number of para-hydroxylation sites is 2. The van der Waals surface area contributed by atoms with Crippen LogP contribution in [0.2, 0.25) is 0 Å². The second kappa shape index (κ2) is 10.9. The Kier molecular flexibility index (Phi) is 7.55. The van der Waals surface area contributed by atoms with Crippen molar-refractivity contribution in [3.05, 3.63) is 65.8 Å². The lowest BCUT2D eigenvalue weighted by Crippen LogP contribution is -2.17. The number of aromatic nitrogens is 4. The summed E-state index contributed by atoms with van der Waals surface area (Å²) < 4.78 is 6.96. The predicted octanol–water partition coefficient (Wildman–Crippen LogP) is 3.86. The number of anilines is 2. The summed E-state index contributed by atoms with van der Waals surface area (Å²) >= 11 is 2.61. The topological polar surface area (TPSA) is 111 Å². The van der Waals surface area contributed by atoms with E-state index in [1.165, 1.54) is 23.1 Å². The predicted molar refractivity (Wildman–Crippen MR) is 133 cm³/mol. The maximum Gasteiger partial charge on any atom is 0.236 e. The van der Waals surface area contributed by atoms with Crippen LogP contribution in [-0.4, -0.2) is 44.4 Å². The number of hydrogen-bond donors (Lipinski definition) is 2. The second-order valence-corrected chi connectivity index (χ2v) is 8.92. The van der Waals surface area contributed by atoms with Crippen LogP contribution in [0.3, 0.4) is 0 Å². The van der Waals surface area contributed by atoms with Crippen LogP contribution < -0.4 is 15.4 Å². The van der Waals surface area contributed by atoms with E-state index in [0.717, 1.165) is 11.3 Å². The van der Waals surface area contributed by atoms with E-state index in [1.807, 2.05) is 47.8 Å². The molecule has 0 radical (unpaired) electrons. The minimum Gasteiger partial charge on any atom is -0.495 e. The summed E-state index contributed by atoms with van der Waals surface area (Å²) in [5.41, 5.74) is 2.40. The molecular formula is C23H22N6O3S2. The van der Waals surface area contributed by atoms with Gasteiger partial charge in [-0.3, -0.25) is 9.59 Å². The Labute approximate surface area is 204 Å². The molecule has 0 fully saturated rings. The summed E-state index contributed by atoms with van der Waals surface area (Å²) in [6.07, 6.45) is 0.0374. The number of carbonyl (C=O) groups is 2. The third kappa shape index (κ3) is 5.80. The quantitative estimate of drug-likeness (QED) is 0.340. The zero-order valence-corrected chi connectivity index (χ0v) is 20.2. The first-order valence-electron chi connectivity index (χ1n) is 10.3. The van der Waals surface area contributed by atoms with E-state index in [1.54, 1.807) is 30.9 Å². The number of rotatable bonds is 9. The molecule has 4 rings (SSSR count). The summed E-state index contributed by atoms with van der Waals surface area (Å²) in [5.74, 6) is 0.763. The molecule has 0 aliphatic heterocycles. The van der Waals surface area contributed by atoms with E-state index in [0.29, 0.717) is 27.5 Å². The Morgan fingerprint density at radius 2 is 1.79 bits per heavy atom. The molecule has 0 atom stereocenters. The first-order chi connectivity index (χ1) is 16.5. The molecular weight excluding hydrogens is 472 g/mol. The molecule has 2 aromatic heterocycles. The van der Waals surface area contributed by atoms with Gasteiger partial charge in [-0.1, -0.05) is 54.2 Å². The molecule has 4 aromatic rings. The Morgan fingerprint density at radius 1 is 1.03 bits per heavy atom. The van der Waals surface area contributed by atoms with Crippen LogP contribution in [0.15, 0.2) is 65.1 Å². The van der Waals surface area contributed by atoms with E-state index >= 15 is 0 Å². The lowest BCUT2D eigenvalue weighted by Gasteiger charge is -2.09. The number of methoxy groups -OCH3 is 1. The van der Waals surface area contributed by atoms with Crippen molar-refractivity contribution in [1.29, 1.82) is 0 Å². The van der Waals surface area contributed by atoms with Crippen molar-refractivity contribution in [3.63, 3.8) is 0 Å². The second-order valence-electron chi connectivity index (χ2n) is 7.12. The lowest BCUT2D eigenvalue weighted by molar-refractivity contribution is -0.116. The zero-order valence-electron chi connectivity index (χ0n) is 18.5. The van der Waals surface area contributed by atoms with Gasteiger partial charge in [-0.05, 0) is 12.1 Å². The van der Waals surface area contributed by atoms with E-state index in [4.69, 9.17) is 4.74 Å². The first-order valence-corrected chi connectivity index (χ1v) is 12.1. The molecule has 0 spiro atoms. The Bertz CT molecular complexity index is 1290. The van der Waals surface area contributed by atoms with Crippen molar-refractivity contribution < 1.29 is 14.3 Å². The van der Waals surface area contributed by atoms with Gasteiger partial charge in [0, 0.05) is 18.0 Å². The van der Waals surface area contributed by atoms with Gasteiger partial charge in [0.05, 0.1) is 30.7 Å². The summed E-state index contributed by atoms with van der Waals surface area (Å²) in [5, 5.41) is 16.8. The van der Waals surface area contributed by atoms with Gasteiger partial charge in [-0.15, -0.1) is 21.5 Å². The average Bonchev–Trinajstić information content (AvgIpc) is 3.45. The molecule has 2 amide bonds. The van der Waals surface area contributed by atoms with Crippen molar-refractivity contribution in [3.8, 4) is 17.0 Å². The van der Waals surface area contributed by atoms with Crippen molar-refractivity contribution in [2.75, 3.05) is 23.5 Å². The number of thioether (sulfide) groups is 1. The molecule has 2 N–H and O–H groups in total. The van der Waals surface area contributed by atoms with Gasteiger partial charge in [0.15, 0.2) is 10.3 Å². The third-order valence-corrected chi connectivity index (χ3v) is 6.56. The monoisotopic (exact) mass is 494 g/mol. The lowest BCUT2D eigenvalue weighted by atomic mass is 10.2. The van der Waals surface area contributed by atoms with Crippen molar-refractivity contribution in [2.45, 2.75) is 11.6 Å². The Hall–Kier alpha value is -3.70. The van der Waals surface area contributed by atoms with Gasteiger partial charge >= 0.3 is 0 Å². The van der Waals surface area contributed by atoms with Crippen molar-refractivity contribution >= 4 is 45.7 Å². The largest absolute Gasteiger partial charge is 0.495 e. The molecule has 2 heterocycles. The maximum atomic E-state index is 12.5. The number of thiazole rings is 1. The molecule has 0 aliphatic rings. The number of nitrogens with zero attached hydrogens (tertiary/aromatic N) is 4.